The first-order valence-corrected chi connectivity index (χ1v) is 7.38. The van der Waals surface area contributed by atoms with Crippen molar-refractivity contribution < 1.29 is 4.42 Å². The largest absolute Gasteiger partial charge is 0.455 e. The van der Waals surface area contributed by atoms with E-state index in [4.69, 9.17) is 16.6 Å². The lowest BCUT2D eigenvalue weighted by Crippen LogP contribution is -1.92. The molecule has 21 heavy (non-hydrogen) atoms. The Morgan fingerprint density at radius 1 is 1.33 bits per heavy atom. The first-order valence-electron chi connectivity index (χ1n) is 6.18. The van der Waals surface area contributed by atoms with Crippen molar-refractivity contribution in [2.24, 2.45) is 5.10 Å². The zero-order valence-corrected chi connectivity index (χ0v) is 13.5. The highest BCUT2D eigenvalue weighted by molar-refractivity contribution is 9.10. The van der Waals surface area contributed by atoms with Crippen molar-refractivity contribution in [2.45, 2.75) is 6.92 Å². The molecule has 0 fully saturated rings. The third kappa shape index (κ3) is 2.88. The molecule has 106 valence electrons. The number of furan rings is 1. The SMILES string of the molecule is Cc1n[nH]c(=S)n1/N=C\c1ccc(-c2ccccc2Br)o1. The van der Waals surface area contributed by atoms with E-state index in [1.54, 1.807) is 6.21 Å². The molecule has 1 aromatic carbocycles. The van der Waals surface area contributed by atoms with Gasteiger partial charge < -0.3 is 4.42 Å². The average Bonchev–Trinajstić information content (AvgIpc) is 3.05. The summed E-state index contributed by atoms with van der Waals surface area (Å²) in [6.45, 7) is 1.82. The molecule has 0 unspecified atom stereocenters. The van der Waals surface area contributed by atoms with E-state index < -0.39 is 0 Å². The Bertz CT molecular complexity index is 862. The Hall–Kier alpha value is -1.99. The predicted octanol–water partition coefficient (Wildman–Crippen LogP) is 4.15. The number of nitrogens with one attached hydrogen (secondary N) is 1. The molecule has 5 nitrogen and oxygen atoms in total. The number of H-pyrrole nitrogens is 1. The number of aromatic amines is 1. The van der Waals surface area contributed by atoms with Crippen molar-refractivity contribution in [3.05, 3.63) is 57.2 Å². The summed E-state index contributed by atoms with van der Waals surface area (Å²) in [6.07, 6.45) is 1.61. The summed E-state index contributed by atoms with van der Waals surface area (Å²) in [7, 11) is 0. The molecular formula is C14H11BrN4OS. The zero-order chi connectivity index (χ0) is 14.8. The standard InChI is InChI=1S/C14H11BrN4OS/c1-9-17-18-14(21)19(9)16-8-10-6-7-13(20-10)11-4-2-3-5-12(11)15/h2-8H,1H3,(H,18,21)/b16-8-. The third-order valence-electron chi connectivity index (χ3n) is 2.88. The van der Waals surface area contributed by atoms with Gasteiger partial charge in [-0.25, -0.2) is 0 Å². The average molecular weight is 363 g/mol. The van der Waals surface area contributed by atoms with Crippen LogP contribution in [0.4, 0.5) is 0 Å². The van der Waals surface area contributed by atoms with E-state index in [1.807, 2.05) is 43.3 Å². The van der Waals surface area contributed by atoms with Gasteiger partial charge in [0.05, 0.1) is 6.21 Å². The van der Waals surface area contributed by atoms with Gasteiger partial charge in [0.1, 0.15) is 17.3 Å². The molecule has 0 amide bonds. The highest BCUT2D eigenvalue weighted by atomic mass is 79.9. The minimum Gasteiger partial charge on any atom is -0.455 e. The number of rotatable bonds is 3. The molecule has 0 saturated carbocycles. The second kappa shape index (κ2) is 5.79. The highest BCUT2D eigenvalue weighted by Crippen LogP contribution is 2.28. The molecular weight excluding hydrogens is 352 g/mol. The van der Waals surface area contributed by atoms with Crippen LogP contribution in [0.2, 0.25) is 0 Å². The van der Waals surface area contributed by atoms with Crippen LogP contribution in [0, 0.1) is 11.7 Å². The van der Waals surface area contributed by atoms with Gasteiger partial charge in [0, 0.05) is 10.0 Å². The fraction of sp³-hybridized carbons (Fsp3) is 0.0714. The molecule has 3 rings (SSSR count). The minimum atomic E-state index is 0.446. The maximum atomic E-state index is 5.77. The van der Waals surface area contributed by atoms with Gasteiger partial charge in [-0.3, -0.25) is 5.10 Å². The van der Waals surface area contributed by atoms with Crippen LogP contribution in [0.1, 0.15) is 11.6 Å². The maximum absolute atomic E-state index is 5.77. The summed E-state index contributed by atoms with van der Waals surface area (Å²) in [4.78, 5) is 0. The lowest BCUT2D eigenvalue weighted by atomic mass is 10.2. The number of hydrogen-bond donors (Lipinski definition) is 1. The Morgan fingerprint density at radius 2 is 2.14 bits per heavy atom. The summed E-state index contributed by atoms with van der Waals surface area (Å²) >= 11 is 8.59. The number of aromatic nitrogens is 3. The molecule has 0 atom stereocenters. The summed E-state index contributed by atoms with van der Waals surface area (Å²) in [6, 6.07) is 11.6. The van der Waals surface area contributed by atoms with Crippen LogP contribution in [-0.2, 0) is 0 Å². The van der Waals surface area contributed by atoms with Crippen LogP contribution < -0.4 is 0 Å². The summed E-state index contributed by atoms with van der Waals surface area (Å²) in [5.74, 6) is 2.11. The van der Waals surface area contributed by atoms with E-state index in [2.05, 4.69) is 31.2 Å². The fourth-order valence-corrected chi connectivity index (χ4v) is 2.55. The van der Waals surface area contributed by atoms with Crippen molar-refractivity contribution >= 4 is 34.4 Å². The van der Waals surface area contributed by atoms with Crippen molar-refractivity contribution in [3.8, 4) is 11.3 Å². The van der Waals surface area contributed by atoms with E-state index in [-0.39, 0.29) is 0 Å². The van der Waals surface area contributed by atoms with Crippen LogP contribution in [0.3, 0.4) is 0 Å². The Balaban J connectivity index is 1.90. The summed E-state index contributed by atoms with van der Waals surface area (Å²) < 4.78 is 8.74. The van der Waals surface area contributed by atoms with Crippen LogP contribution in [-0.4, -0.2) is 21.1 Å². The molecule has 0 aliphatic heterocycles. The molecule has 1 N–H and O–H groups in total. The second-order valence-electron chi connectivity index (χ2n) is 4.31. The second-order valence-corrected chi connectivity index (χ2v) is 5.56. The normalized spacial score (nSPS) is 11.3. The molecule has 0 bridgehead atoms. The molecule has 3 aromatic rings. The van der Waals surface area contributed by atoms with Crippen LogP contribution in [0.15, 0.2) is 50.4 Å². The Kier molecular flexibility index (Phi) is 3.85. The monoisotopic (exact) mass is 362 g/mol. The van der Waals surface area contributed by atoms with Gasteiger partial charge in [-0.05, 0) is 37.3 Å². The fourth-order valence-electron chi connectivity index (χ4n) is 1.85. The molecule has 0 saturated heterocycles. The number of benzene rings is 1. The van der Waals surface area contributed by atoms with E-state index in [9.17, 15) is 0 Å². The van der Waals surface area contributed by atoms with Crippen molar-refractivity contribution in [2.75, 3.05) is 0 Å². The lowest BCUT2D eigenvalue weighted by molar-refractivity contribution is 0.573. The molecule has 0 aliphatic carbocycles. The number of halogens is 1. The predicted molar refractivity (Wildman–Crippen MR) is 87.0 cm³/mol. The molecule has 2 aromatic heterocycles. The highest BCUT2D eigenvalue weighted by Gasteiger charge is 2.07. The smallest absolute Gasteiger partial charge is 0.216 e. The quantitative estimate of drug-likeness (QED) is 0.562. The van der Waals surface area contributed by atoms with Gasteiger partial charge in [-0.1, -0.05) is 34.1 Å². The number of aryl methyl sites for hydroxylation is 1. The third-order valence-corrected chi connectivity index (χ3v) is 3.83. The van der Waals surface area contributed by atoms with Gasteiger partial charge in [0.2, 0.25) is 4.77 Å². The lowest BCUT2D eigenvalue weighted by Gasteiger charge is -1.99. The van der Waals surface area contributed by atoms with E-state index in [0.29, 0.717) is 16.4 Å². The number of nitrogens with zero attached hydrogens (tertiary/aromatic N) is 3. The van der Waals surface area contributed by atoms with Crippen molar-refractivity contribution in [1.29, 1.82) is 0 Å². The topological polar surface area (TPSA) is 59.1 Å². The Labute approximate surface area is 134 Å². The molecule has 0 radical (unpaired) electrons. The molecule has 7 heteroatoms. The zero-order valence-electron chi connectivity index (χ0n) is 11.1. The number of hydrogen-bond acceptors (Lipinski definition) is 4. The van der Waals surface area contributed by atoms with Gasteiger partial charge in [0.15, 0.2) is 0 Å². The minimum absolute atomic E-state index is 0.446. The molecule has 0 spiro atoms. The van der Waals surface area contributed by atoms with Crippen LogP contribution >= 0.6 is 28.1 Å². The van der Waals surface area contributed by atoms with E-state index in [1.165, 1.54) is 4.68 Å². The Morgan fingerprint density at radius 3 is 2.86 bits per heavy atom. The van der Waals surface area contributed by atoms with Gasteiger partial charge in [-0.15, -0.1) is 0 Å². The van der Waals surface area contributed by atoms with Crippen molar-refractivity contribution in [3.63, 3.8) is 0 Å². The van der Waals surface area contributed by atoms with Gasteiger partial charge in [-0.2, -0.15) is 14.9 Å². The van der Waals surface area contributed by atoms with Gasteiger partial charge >= 0.3 is 0 Å². The first-order chi connectivity index (χ1) is 10.1. The summed E-state index contributed by atoms with van der Waals surface area (Å²) in [5, 5.41) is 10.9. The van der Waals surface area contributed by atoms with Gasteiger partial charge in [0.25, 0.3) is 0 Å². The molecule has 0 aliphatic rings. The van der Waals surface area contributed by atoms with Crippen LogP contribution in [0.25, 0.3) is 11.3 Å². The summed E-state index contributed by atoms with van der Waals surface area (Å²) in [5.41, 5.74) is 0.994. The first kappa shape index (κ1) is 14.0. The van der Waals surface area contributed by atoms with Crippen molar-refractivity contribution in [1.82, 2.24) is 14.9 Å². The van der Waals surface area contributed by atoms with E-state index >= 15 is 0 Å². The van der Waals surface area contributed by atoms with Crippen LogP contribution in [0.5, 0.6) is 0 Å². The molecule has 2 heterocycles. The van der Waals surface area contributed by atoms with E-state index in [0.717, 1.165) is 15.8 Å². The maximum Gasteiger partial charge on any atom is 0.216 e.